The molecule has 0 aliphatic heterocycles. The minimum Gasteiger partial charge on any atom is -0.382 e. The van der Waals surface area contributed by atoms with Crippen molar-refractivity contribution in [1.82, 2.24) is 0 Å². The maximum absolute atomic E-state index is 3.63. The maximum atomic E-state index is 3.63. The van der Waals surface area contributed by atoms with Gasteiger partial charge in [0, 0.05) is 11.7 Å². The van der Waals surface area contributed by atoms with Crippen molar-refractivity contribution in [2.45, 2.75) is 58.9 Å². The van der Waals surface area contributed by atoms with Crippen LogP contribution in [0.15, 0.2) is 24.3 Å². The van der Waals surface area contributed by atoms with E-state index < -0.39 is 0 Å². The van der Waals surface area contributed by atoms with E-state index in [0.29, 0.717) is 6.04 Å². The summed E-state index contributed by atoms with van der Waals surface area (Å²) in [5.74, 6) is 0. The van der Waals surface area contributed by atoms with Gasteiger partial charge in [-0.1, -0.05) is 51.3 Å². The Balaban J connectivity index is 2.57. The van der Waals surface area contributed by atoms with Crippen LogP contribution in [0.1, 0.15) is 52.0 Å². The van der Waals surface area contributed by atoms with Gasteiger partial charge in [-0.3, -0.25) is 0 Å². The van der Waals surface area contributed by atoms with Crippen molar-refractivity contribution in [3.8, 4) is 0 Å². The van der Waals surface area contributed by atoms with E-state index in [1.807, 2.05) is 0 Å². The fourth-order valence-electron chi connectivity index (χ4n) is 2.00. The Labute approximate surface area is 100 Å². The second kappa shape index (κ2) is 7.32. The first-order valence-electron chi connectivity index (χ1n) is 6.62. The Bertz CT molecular complexity index is 293. The monoisotopic (exact) mass is 219 g/mol. The molecular weight excluding hydrogens is 194 g/mol. The van der Waals surface area contributed by atoms with Crippen molar-refractivity contribution in [2.75, 3.05) is 5.32 Å². The van der Waals surface area contributed by atoms with E-state index in [4.69, 9.17) is 0 Å². The molecule has 0 aliphatic rings. The van der Waals surface area contributed by atoms with Crippen LogP contribution in [0.25, 0.3) is 0 Å². The zero-order valence-electron chi connectivity index (χ0n) is 10.9. The maximum Gasteiger partial charge on any atom is 0.0374 e. The molecule has 0 saturated carbocycles. The number of aryl methyl sites for hydroxylation is 1. The van der Waals surface area contributed by atoms with E-state index in [0.717, 1.165) is 0 Å². The lowest BCUT2D eigenvalue weighted by atomic mass is 10.1. The van der Waals surface area contributed by atoms with Gasteiger partial charge < -0.3 is 5.32 Å². The topological polar surface area (TPSA) is 12.0 Å². The molecule has 0 radical (unpaired) electrons. The van der Waals surface area contributed by atoms with Crippen LogP contribution in [0, 0.1) is 0 Å². The first kappa shape index (κ1) is 13.1. The number of hydrogen-bond donors (Lipinski definition) is 1. The van der Waals surface area contributed by atoms with Crippen LogP contribution in [0.4, 0.5) is 5.69 Å². The zero-order chi connectivity index (χ0) is 11.8. The van der Waals surface area contributed by atoms with Crippen LogP contribution in [0.3, 0.4) is 0 Å². The lowest BCUT2D eigenvalue weighted by molar-refractivity contribution is 0.644. The Morgan fingerprint density at radius 3 is 2.56 bits per heavy atom. The summed E-state index contributed by atoms with van der Waals surface area (Å²) >= 11 is 0. The second-order valence-electron chi connectivity index (χ2n) is 4.59. The van der Waals surface area contributed by atoms with Crippen molar-refractivity contribution in [3.63, 3.8) is 0 Å². The van der Waals surface area contributed by atoms with Crippen molar-refractivity contribution in [2.24, 2.45) is 0 Å². The van der Waals surface area contributed by atoms with Gasteiger partial charge in [0.1, 0.15) is 0 Å². The third kappa shape index (κ3) is 4.26. The number of nitrogens with one attached hydrogen (secondary N) is 1. The van der Waals surface area contributed by atoms with Gasteiger partial charge in [0.05, 0.1) is 0 Å². The van der Waals surface area contributed by atoms with Gasteiger partial charge in [0.25, 0.3) is 0 Å². The smallest absolute Gasteiger partial charge is 0.0374 e. The molecule has 0 spiro atoms. The minimum atomic E-state index is 0.581. The van der Waals surface area contributed by atoms with E-state index >= 15 is 0 Å². The molecule has 90 valence electrons. The standard InChI is InChI=1S/C15H25N/c1-4-6-10-13(3)16-15-12-8-7-11-14(15)9-5-2/h7-8,11-13,16H,4-6,9-10H2,1-3H3. The van der Waals surface area contributed by atoms with Gasteiger partial charge in [-0.25, -0.2) is 0 Å². The molecule has 0 bridgehead atoms. The Kier molecular flexibility index (Phi) is 5.99. The molecule has 1 atom stereocenters. The predicted octanol–water partition coefficient (Wildman–Crippen LogP) is 4.63. The van der Waals surface area contributed by atoms with Gasteiger partial charge in [-0.15, -0.1) is 0 Å². The summed E-state index contributed by atoms with van der Waals surface area (Å²) in [5.41, 5.74) is 2.78. The molecule has 1 aromatic rings. The van der Waals surface area contributed by atoms with Crippen LogP contribution >= 0.6 is 0 Å². The Morgan fingerprint density at radius 2 is 1.88 bits per heavy atom. The Morgan fingerprint density at radius 1 is 1.12 bits per heavy atom. The fourth-order valence-corrected chi connectivity index (χ4v) is 2.00. The van der Waals surface area contributed by atoms with E-state index in [2.05, 4.69) is 50.4 Å². The quantitative estimate of drug-likeness (QED) is 0.705. The van der Waals surface area contributed by atoms with E-state index in [9.17, 15) is 0 Å². The van der Waals surface area contributed by atoms with Gasteiger partial charge >= 0.3 is 0 Å². The summed E-state index contributed by atoms with van der Waals surface area (Å²) in [6.45, 7) is 6.76. The molecule has 16 heavy (non-hydrogen) atoms. The van der Waals surface area contributed by atoms with Gasteiger partial charge in [0.2, 0.25) is 0 Å². The lowest BCUT2D eigenvalue weighted by Crippen LogP contribution is -2.15. The predicted molar refractivity (Wildman–Crippen MR) is 73.0 cm³/mol. The molecule has 1 N–H and O–H groups in total. The molecule has 1 aromatic carbocycles. The Hall–Kier alpha value is -0.980. The van der Waals surface area contributed by atoms with Crippen molar-refractivity contribution < 1.29 is 0 Å². The zero-order valence-corrected chi connectivity index (χ0v) is 10.9. The van der Waals surface area contributed by atoms with Gasteiger partial charge in [-0.05, 0) is 31.4 Å². The highest BCUT2D eigenvalue weighted by Crippen LogP contribution is 2.18. The highest BCUT2D eigenvalue weighted by Gasteiger charge is 2.04. The average Bonchev–Trinajstić information content (AvgIpc) is 2.29. The molecule has 1 heteroatoms. The number of para-hydroxylation sites is 1. The molecule has 0 fully saturated rings. The molecule has 0 aromatic heterocycles. The summed E-state index contributed by atoms with van der Waals surface area (Å²) in [6, 6.07) is 9.27. The van der Waals surface area contributed by atoms with Crippen LogP contribution in [0.5, 0.6) is 0 Å². The summed E-state index contributed by atoms with van der Waals surface area (Å²) in [6.07, 6.45) is 6.23. The van der Waals surface area contributed by atoms with Gasteiger partial charge in [0.15, 0.2) is 0 Å². The summed E-state index contributed by atoms with van der Waals surface area (Å²) in [5, 5.41) is 3.63. The van der Waals surface area contributed by atoms with Crippen LogP contribution in [-0.4, -0.2) is 6.04 Å². The third-order valence-corrected chi connectivity index (χ3v) is 2.93. The van der Waals surface area contributed by atoms with E-state index in [1.165, 1.54) is 43.4 Å². The van der Waals surface area contributed by atoms with E-state index in [-0.39, 0.29) is 0 Å². The largest absolute Gasteiger partial charge is 0.382 e. The van der Waals surface area contributed by atoms with Crippen LogP contribution in [-0.2, 0) is 6.42 Å². The molecule has 1 rings (SSSR count). The summed E-state index contributed by atoms with van der Waals surface area (Å²) in [7, 11) is 0. The highest BCUT2D eigenvalue weighted by molar-refractivity contribution is 5.51. The highest BCUT2D eigenvalue weighted by atomic mass is 14.9. The number of rotatable bonds is 7. The van der Waals surface area contributed by atoms with Crippen molar-refractivity contribution in [3.05, 3.63) is 29.8 Å². The van der Waals surface area contributed by atoms with Crippen molar-refractivity contribution in [1.29, 1.82) is 0 Å². The molecule has 1 unspecified atom stereocenters. The van der Waals surface area contributed by atoms with Crippen LogP contribution in [0.2, 0.25) is 0 Å². The number of unbranched alkanes of at least 4 members (excludes halogenated alkanes) is 1. The molecule has 0 aliphatic carbocycles. The van der Waals surface area contributed by atoms with Gasteiger partial charge in [-0.2, -0.15) is 0 Å². The van der Waals surface area contributed by atoms with Crippen LogP contribution < -0.4 is 5.32 Å². The van der Waals surface area contributed by atoms with E-state index in [1.54, 1.807) is 0 Å². The number of benzene rings is 1. The summed E-state index contributed by atoms with van der Waals surface area (Å²) in [4.78, 5) is 0. The molecule has 0 heterocycles. The first-order chi connectivity index (χ1) is 7.77. The van der Waals surface area contributed by atoms with Crippen molar-refractivity contribution >= 4 is 5.69 Å². The second-order valence-corrected chi connectivity index (χ2v) is 4.59. The third-order valence-electron chi connectivity index (χ3n) is 2.93. The lowest BCUT2D eigenvalue weighted by Gasteiger charge is -2.17. The number of anilines is 1. The average molecular weight is 219 g/mol. The molecule has 1 nitrogen and oxygen atoms in total. The summed E-state index contributed by atoms with van der Waals surface area (Å²) < 4.78 is 0. The molecule has 0 amide bonds. The normalized spacial score (nSPS) is 12.4. The minimum absolute atomic E-state index is 0.581. The first-order valence-corrected chi connectivity index (χ1v) is 6.62. The fraction of sp³-hybridized carbons (Fsp3) is 0.600. The SMILES string of the molecule is CCCCC(C)Nc1ccccc1CCC. The molecular formula is C15H25N. The molecule has 0 saturated heterocycles. The number of hydrogen-bond acceptors (Lipinski definition) is 1.